The van der Waals surface area contributed by atoms with Crippen molar-refractivity contribution < 1.29 is 9.53 Å². The van der Waals surface area contributed by atoms with E-state index in [1.165, 1.54) is 7.11 Å². The molecule has 2 heterocycles. The van der Waals surface area contributed by atoms with Gasteiger partial charge in [0.1, 0.15) is 11.4 Å². The molecule has 0 fully saturated rings. The van der Waals surface area contributed by atoms with Crippen LogP contribution in [0.2, 0.25) is 0 Å². The Bertz CT molecular complexity index is 706. The summed E-state index contributed by atoms with van der Waals surface area (Å²) < 4.78 is 6.86. The highest BCUT2D eigenvalue weighted by molar-refractivity contribution is 6.05. The normalized spacial score (nSPS) is 10.7. The van der Waals surface area contributed by atoms with E-state index in [1.54, 1.807) is 24.0 Å². The quantitative estimate of drug-likeness (QED) is 0.916. The van der Waals surface area contributed by atoms with Crippen molar-refractivity contribution in [2.24, 2.45) is 7.05 Å². The molecule has 0 saturated heterocycles. The molecule has 0 atom stereocenters. The zero-order valence-electron chi connectivity index (χ0n) is 14.4. The molecule has 23 heavy (non-hydrogen) atoms. The van der Waals surface area contributed by atoms with Crippen LogP contribution >= 0.6 is 0 Å². The van der Waals surface area contributed by atoms with Gasteiger partial charge in [0.15, 0.2) is 0 Å². The Morgan fingerprint density at radius 2 is 2.09 bits per heavy atom. The van der Waals surface area contributed by atoms with Crippen LogP contribution in [0.1, 0.15) is 35.9 Å². The van der Waals surface area contributed by atoms with Crippen molar-refractivity contribution in [3.8, 4) is 5.88 Å². The van der Waals surface area contributed by atoms with E-state index in [-0.39, 0.29) is 11.8 Å². The molecule has 0 unspecified atom stereocenters. The van der Waals surface area contributed by atoms with Crippen LogP contribution in [0.15, 0.2) is 18.3 Å². The Morgan fingerprint density at radius 3 is 2.61 bits per heavy atom. The average molecular weight is 317 g/mol. The van der Waals surface area contributed by atoms with Gasteiger partial charge in [-0.3, -0.25) is 9.48 Å². The maximum Gasteiger partial charge on any atom is 0.274 e. The van der Waals surface area contributed by atoms with Crippen molar-refractivity contribution >= 4 is 17.3 Å². The summed E-state index contributed by atoms with van der Waals surface area (Å²) in [6, 6.07) is 3.62. The number of amides is 1. The summed E-state index contributed by atoms with van der Waals surface area (Å²) in [7, 11) is 7.07. The van der Waals surface area contributed by atoms with Crippen LogP contribution in [-0.2, 0) is 7.05 Å². The van der Waals surface area contributed by atoms with Gasteiger partial charge in [-0.05, 0) is 18.1 Å². The number of methoxy groups -OCH3 is 1. The SMILES string of the molecule is COc1nccc(N(C)C)c1NC(=O)c1cc(C(C)C)nn1C. The van der Waals surface area contributed by atoms with E-state index in [4.69, 9.17) is 4.74 Å². The summed E-state index contributed by atoms with van der Waals surface area (Å²) in [5, 5.41) is 7.26. The van der Waals surface area contributed by atoms with Gasteiger partial charge in [-0.1, -0.05) is 13.8 Å². The number of anilines is 2. The molecule has 1 N–H and O–H groups in total. The molecule has 0 bridgehead atoms. The maximum atomic E-state index is 12.6. The van der Waals surface area contributed by atoms with Crippen LogP contribution in [0.3, 0.4) is 0 Å². The first-order chi connectivity index (χ1) is 10.8. The number of rotatable bonds is 5. The highest BCUT2D eigenvalue weighted by Gasteiger charge is 2.19. The second kappa shape index (κ2) is 6.68. The van der Waals surface area contributed by atoms with Crippen molar-refractivity contribution in [1.29, 1.82) is 0 Å². The molecule has 2 rings (SSSR count). The number of aryl methyl sites for hydroxylation is 1. The van der Waals surface area contributed by atoms with Crippen LogP contribution < -0.4 is 15.0 Å². The first kappa shape index (κ1) is 16.8. The number of ether oxygens (including phenoxy) is 1. The number of hydrogen-bond acceptors (Lipinski definition) is 5. The molecule has 124 valence electrons. The summed E-state index contributed by atoms with van der Waals surface area (Å²) in [5.41, 5.74) is 2.72. The van der Waals surface area contributed by atoms with Gasteiger partial charge in [0.25, 0.3) is 5.91 Å². The van der Waals surface area contributed by atoms with Crippen molar-refractivity contribution in [3.05, 3.63) is 29.7 Å². The average Bonchev–Trinajstić information content (AvgIpc) is 2.89. The molecule has 7 heteroatoms. The summed E-state index contributed by atoms with van der Waals surface area (Å²) in [4.78, 5) is 18.7. The number of hydrogen-bond donors (Lipinski definition) is 1. The van der Waals surface area contributed by atoms with Gasteiger partial charge in [-0.25, -0.2) is 4.98 Å². The minimum atomic E-state index is -0.249. The number of carbonyl (C=O) groups is 1. The molecular weight excluding hydrogens is 294 g/mol. The van der Waals surface area contributed by atoms with Crippen LogP contribution in [-0.4, -0.2) is 41.9 Å². The standard InChI is InChI=1S/C16H23N5O2/c1-10(2)11-9-13(21(5)19-11)15(22)18-14-12(20(3)4)7-8-17-16(14)23-6/h7-10H,1-6H3,(H,18,22). The molecule has 0 aliphatic carbocycles. The summed E-state index contributed by atoms with van der Waals surface area (Å²) in [5.74, 6) is 0.380. The van der Waals surface area contributed by atoms with Crippen LogP contribution in [0.4, 0.5) is 11.4 Å². The van der Waals surface area contributed by atoms with Crippen molar-refractivity contribution in [1.82, 2.24) is 14.8 Å². The highest BCUT2D eigenvalue weighted by Crippen LogP contribution is 2.32. The number of carbonyl (C=O) groups excluding carboxylic acids is 1. The lowest BCUT2D eigenvalue weighted by Gasteiger charge is -2.19. The van der Waals surface area contributed by atoms with E-state index in [0.29, 0.717) is 17.3 Å². The summed E-state index contributed by atoms with van der Waals surface area (Å²) in [6.45, 7) is 4.08. The topological polar surface area (TPSA) is 72.3 Å². The van der Waals surface area contributed by atoms with Gasteiger partial charge >= 0.3 is 0 Å². The number of nitrogens with one attached hydrogen (secondary N) is 1. The molecule has 0 aromatic carbocycles. The van der Waals surface area contributed by atoms with Gasteiger partial charge in [-0.15, -0.1) is 0 Å². The van der Waals surface area contributed by atoms with Gasteiger partial charge in [0, 0.05) is 27.3 Å². The lowest BCUT2D eigenvalue weighted by Crippen LogP contribution is -2.20. The van der Waals surface area contributed by atoms with E-state index in [0.717, 1.165) is 11.4 Å². The van der Waals surface area contributed by atoms with Crippen LogP contribution in [0, 0.1) is 0 Å². The fourth-order valence-electron chi connectivity index (χ4n) is 2.24. The third-order valence-electron chi connectivity index (χ3n) is 3.53. The molecular formula is C16H23N5O2. The van der Waals surface area contributed by atoms with E-state index < -0.39 is 0 Å². The van der Waals surface area contributed by atoms with E-state index >= 15 is 0 Å². The Labute approximate surface area is 136 Å². The Balaban J connectivity index is 2.37. The first-order valence-corrected chi connectivity index (χ1v) is 7.40. The van der Waals surface area contributed by atoms with Gasteiger partial charge in [-0.2, -0.15) is 5.10 Å². The molecule has 7 nitrogen and oxygen atoms in total. The van der Waals surface area contributed by atoms with E-state index in [1.807, 2.05) is 38.9 Å². The molecule has 2 aromatic heterocycles. The third kappa shape index (κ3) is 3.44. The van der Waals surface area contributed by atoms with Crippen LogP contribution in [0.5, 0.6) is 5.88 Å². The predicted octanol–water partition coefficient (Wildman–Crippen LogP) is 2.27. The fourth-order valence-corrected chi connectivity index (χ4v) is 2.24. The molecule has 0 saturated carbocycles. The second-order valence-corrected chi connectivity index (χ2v) is 5.80. The zero-order chi connectivity index (χ0) is 17.1. The number of aromatic nitrogens is 3. The minimum absolute atomic E-state index is 0.249. The second-order valence-electron chi connectivity index (χ2n) is 5.80. The van der Waals surface area contributed by atoms with Crippen molar-refractivity contribution in [3.63, 3.8) is 0 Å². The highest BCUT2D eigenvalue weighted by atomic mass is 16.5. The third-order valence-corrected chi connectivity index (χ3v) is 3.53. The van der Waals surface area contributed by atoms with E-state index in [9.17, 15) is 4.79 Å². The smallest absolute Gasteiger partial charge is 0.274 e. The molecule has 0 spiro atoms. The zero-order valence-corrected chi connectivity index (χ0v) is 14.4. The Kier molecular flexibility index (Phi) is 4.88. The Hall–Kier alpha value is -2.57. The largest absolute Gasteiger partial charge is 0.479 e. The van der Waals surface area contributed by atoms with Crippen molar-refractivity contribution in [2.45, 2.75) is 19.8 Å². The minimum Gasteiger partial charge on any atom is -0.479 e. The van der Waals surface area contributed by atoms with Gasteiger partial charge in [0.05, 0.1) is 18.5 Å². The monoisotopic (exact) mass is 317 g/mol. The molecule has 2 aromatic rings. The van der Waals surface area contributed by atoms with Crippen LogP contribution in [0.25, 0.3) is 0 Å². The lowest BCUT2D eigenvalue weighted by molar-refractivity contribution is 0.101. The number of nitrogens with zero attached hydrogens (tertiary/aromatic N) is 4. The maximum absolute atomic E-state index is 12.6. The lowest BCUT2D eigenvalue weighted by atomic mass is 10.1. The summed E-state index contributed by atoms with van der Waals surface area (Å²) in [6.07, 6.45) is 1.64. The summed E-state index contributed by atoms with van der Waals surface area (Å²) >= 11 is 0. The first-order valence-electron chi connectivity index (χ1n) is 7.40. The van der Waals surface area contributed by atoms with Crippen molar-refractivity contribution in [2.75, 3.05) is 31.4 Å². The number of pyridine rings is 1. The molecule has 0 radical (unpaired) electrons. The fraction of sp³-hybridized carbons (Fsp3) is 0.438. The predicted molar refractivity (Wildman–Crippen MR) is 90.4 cm³/mol. The van der Waals surface area contributed by atoms with Gasteiger partial charge in [0.2, 0.25) is 5.88 Å². The molecule has 1 amide bonds. The van der Waals surface area contributed by atoms with Gasteiger partial charge < -0.3 is 15.0 Å². The Morgan fingerprint density at radius 1 is 1.39 bits per heavy atom. The molecule has 0 aliphatic heterocycles. The molecule has 0 aliphatic rings. The van der Waals surface area contributed by atoms with E-state index in [2.05, 4.69) is 15.4 Å².